The molecule has 2 aromatic rings. The second-order valence-corrected chi connectivity index (χ2v) is 8.77. The van der Waals surface area contributed by atoms with Crippen LogP contribution in [0.2, 0.25) is 5.02 Å². The van der Waals surface area contributed by atoms with E-state index in [2.05, 4.69) is 18.4 Å². The summed E-state index contributed by atoms with van der Waals surface area (Å²) < 4.78 is 42.3. The molecular weight excluding hydrogens is 422 g/mol. The Labute approximate surface area is 180 Å². The molecule has 0 bridgehead atoms. The van der Waals surface area contributed by atoms with Gasteiger partial charge in [0.1, 0.15) is 29.3 Å². The SMILES string of the molecule is CC[N+](CC)=c1ccc2c(-c3ccccc3S(=O)(=O)O)c3ccc(Cl)cc3oc-2c1. The van der Waals surface area contributed by atoms with Crippen LogP contribution in [0.3, 0.4) is 0 Å². The smallest absolute Gasteiger partial charge is 0.295 e. The van der Waals surface area contributed by atoms with Crippen LogP contribution in [0.1, 0.15) is 13.8 Å². The van der Waals surface area contributed by atoms with Crippen molar-refractivity contribution in [2.75, 3.05) is 13.1 Å². The van der Waals surface area contributed by atoms with E-state index in [1.165, 1.54) is 6.07 Å². The van der Waals surface area contributed by atoms with E-state index in [0.29, 0.717) is 32.9 Å². The number of nitrogens with zero attached hydrogens (tertiary/aromatic N) is 1. The minimum Gasteiger partial charge on any atom is -0.456 e. The highest BCUT2D eigenvalue weighted by atomic mass is 35.5. The molecule has 0 saturated carbocycles. The number of benzene rings is 3. The molecule has 2 aromatic carbocycles. The topological polar surface area (TPSA) is 70.5 Å². The van der Waals surface area contributed by atoms with Crippen molar-refractivity contribution in [1.29, 1.82) is 0 Å². The first kappa shape index (κ1) is 20.6. The predicted octanol–water partition coefficient (Wildman–Crippen LogP) is 4.92. The van der Waals surface area contributed by atoms with Gasteiger partial charge in [-0.05, 0) is 38.1 Å². The number of halogens is 1. The van der Waals surface area contributed by atoms with Gasteiger partial charge in [0.05, 0.1) is 6.07 Å². The van der Waals surface area contributed by atoms with Crippen molar-refractivity contribution in [3.05, 3.63) is 71.0 Å². The Morgan fingerprint density at radius 1 is 0.967 bits per heavy atom. The summed E-state index contributed by atoms with van der Waals surface area (Å²) in [6.45, 7) is 5.86. The Bertz CT molecular complexity index is 1400. The lowest BCUT2D eigenvalue weighted by atomic mass is 9.93. The van der Waals surface area contributed by atoms with Gasteiger partial charge in [-0.15, -0.1) is 0 Å². The van der Waals surface area contributed by atoms with Crippen molar-refractivity contribution in [2.24, 2.45) is 0 Å². The number of hydrogen-bond donors (Lipinski definition) is 1. The molecule has 0 fully saturated rings. The van der Waals surface area contributed by atoms with Gasteiger partial charge in [-0.1, -0.05) is 29.8 Å². The van der Waals surface area contributed by atoms with Crippen molar-refractivity contribution in [1.82, 2.24) is 4.58 Å². The third kappa shape index (κ3) is 3.62. The molecule has 4 rings (SSSR count). The minimum absolute atomic E-state index is 0.151. The fraction of sp³-hybridized carbons (Fsp3) is 0.174. The van der Waals surface area contributed by atoms with Gasteiger partial charge in [0.15, 0.2) is 0 Å². The Morgan fingerprint density at radius 2 is 1.70 bits per heavy atom. The van der Waals surface area contributed by atoms with Crippen LogP contribution in [0.4, 0.5) is 0 Å². The Hall–Kier alpha value is -2.67. The van der Waals surface area contributed by atoms with E-state index in [1.807, 2.05) is 18.2 Å². The fourth-order valence-corrected chi connectivity index (χ4v) is 4.69. The van der Waals surface area contributed by atoms with Gasteiger partial charge in [0.25, 0.3) is 10.1 Å². The Balaban J connectivity index is 2.20. The summed E-state index contributed by atoms with van der Waals surface area (Å²) >= 11 is 6.19. The molecule has 0 spiro atoms. The summed E-state index contributed by atoms with van der Waals surface area (Å²) in [5.41, 5.74) is 2.36. The number of fused-ring (bicyclic) bond motifs is 2. The maximum absolute atomic E-state index is 12.1. The first-order chi connectivity index (χ1) is 14.3. The van der Waals surface area contributed by atoms with E-state index in [-0.39, 0.29) is 4.90 Å². The van der Waals surface area contributed by atoms with Crippen LogP contribution in [-0.4, -0.2) is 26.1 Å². The van der Waals surface area contributed by atoms with E-state index in [9.17, 15) is 13.0 Å². The van der Waals surface area contributed by atoms with Crippen molar-refractivity contribution in [2.45, 2.75) is 18.7 Å². The summed E-state index contributed by atoms with van der Waals surface area (Å²) in [6, 6.07) is 17.5. The van der Waals surface area contributed by atoms with Crippen LogP contribution in [0.15, 0.2) is 70.0 Å². The maximum atomic E-state index is 12.1. The molecule has 5 nitrogen and oxygen atoms in total. The molecular formula is C23H21ClNO4S+. The molecule has 0 atom stereocenters. The highest BCUT2D eigenvalue weighted by Gasteiger charge is 2.23. The molecule has 0 saturated heterocycles. The summed E-state index contributed by atoms with van der Waals surface area (Å²) in [6.07, 6.45) is 0. The molecule has 1 N–H and O–H groups in total. The second-order valence-electron chi connectivity index (χ2n) is 6.94. The maximum Gasteiger partial charge on any atom is 0.295 e. The van der Waals surface area contributed by atoms with Crippen molar-refractivity contribution >= 4 is 32.7 Å². The van der Waals surface area contributed by atoms with Crippen molar-refractivity contribution in [3.63, 3.8) is 0 Å². The van der Waals surface area contributed by atoms with Gasteiger partial charge in [-0.25, -0.2) is 4.58 Å². The molecule has 154 valence electrons. The number of hydrogen-bond acceptors (Lipinski definition) is 3. The molecule has 0 amide bonds. The first-order valence-corrected chi connectivity index (χ1v) is 11.5. The summed E-state index contributed by atoms with van der Waals surface area (Å²) in [4.78, 5) is -0.151. The molecule has 0 aromatic heterocycles. The third-order valence-corrected chi connectivity index (χ3v) is 6.38. The minimum atomic E-state index is -4.42. The lowest BCUT2D eigenvalue weighted by Crippen LogP contribution is -2.29. The number of rotatable bonds is 4. The Kier molecular flexibility index (Phi) is 5.40. The molecule has 7 heteroatoms. The zero-order chi connectivity index (χ0) is 21.5. The molecule has 1 aliphatic heterocycles. The lowest BCUT2D eigenvalue weighted by Gasteiger charge is -2.17. The van der Waals surface area contributed by atoms with E-state index in [0.717, 1.165) is 24.0 Å². The Morgan fingerprint density at radius 3 is 2.40 bits per heavy atom. The van der Waals surface area contributed by atoms with Gasteiger partial charge in [0, 0.05) is 39.2 Å². The monoisotopic (exact) mass is 442 g/mol. The zero-order valence-corrected chi connectivity index (χ0v) is 18.2. The standard InChI is InChI=1S/C23H20ClNO4S/c1-3-25(4-2)16-10-12-18-21(14-16)29-20-13-15(24)9-11-17(20)23(18)19-7-5-6-8-22(19)30(26,27)28/h5-14H,3-4H2,1-2H3/p+1. The van der Waals surface area contributed by atoms with Gasteiger partial charge < -0.3 is 4.42 Å². The molecule has 0 unspecified atom stereocenters. The quantitative estimate of drug-likeness (QED) is 0.277. The normalized spacial score (nSPS) is 11.9. The van der Waals surface area contributed by atoms with Gasteiger partial charge in [-0.3, -0.25) is 4.55 Å². The van der Waals surface area contributed by atoms with Crippen LogP contribution >= 0.6 is 11.6 Å². The predicted molar refractivity (Wildman–Crippen MR) is 119 cm³/mol. The lowest BCUT2D eigenvalue weighted by molar-refractivity contribution is 0.483. The van der Waals surface area contributed by atoms with E-state index in [1.54, 1.807) is 36.4 Å². The van der Waals surface area contributed by atoms with Crippen LogP contribution in [0.5, 0.6) is 0 Å². The highest BCUT2D eigenvalue weighted by Crippen LogP contribution is 2.42. The van der Waals surface area contributed by atoms with Crippen LogP contribution in [-0.2, 0) is 10.1 Å². The molecule has 1 heterocycles. The molecule has 2 aliphatic rings. The zero-order valence-electron chi connectivity index (χ0n) is 16.6. The van der Waals surface area contributed by atoms with Crippen molar-refractivity contribution < 1.29 is 17.4 Å². The summed E-state index contributed by atoms with van der Waals surface area (Å²) in [5, 5.41) is 2.23. The van der Waals surface area contributed by atoms with E-state index < -0.39 is 10.1 Å². The average Bonchev–Trinajstić information content (AvgIpc) is 2.72. The fourth-order valence-electron chi connectivity index (χ4n) is 3.83. The molecule has 0 radical (unpaired) electrons. The van der Waals surface area contributed by atoms with Crippen molar-refractivity contribution in [3.8, 4) is 22.5 Å². The summed E-state index contributed by atoms with van der Waals surface area (Å²) in [5.74, 6) is 0.606. The van der Waals surface area contributed by atoms with Crippen LogP contribution < -0.4 is 9.93 Å². The summed E-state index contributed by atoms with van der Waals surface area (Å²) in [7, 11) is -4.42. The van der Waals surface area contributed by atoms with Gasteiger partial charge in [-0.2, -0.15) is 8.42 Å². The van der Waals surface area contributed by atoms with E-state index in [4.69, 9.17) is 16.0 Å². The third-order valence-electron chi connectivity index (χ3n) is 5.23. The molecule has 30 heavy (non-hydrogen) atoms. The van der Waals surface area contributed by atoms with Gasteiger partial charge >= 0.3 is 0 Å². The van der Waals surface area contributed by atoms with E-state index >= 15 is 0 Å². The highest BCUT2D eigenvalue weighted by molar-refractivity contribution is 7.86. The second kappa shape index (κ2) is 7.87. The average molecular weight is 443 g/mol. The largest absolute Gasteiger partial charge is 0.456 e. The molecule has 1 aliphatic carbocycles. The van der Waals surface area contributed by atoms with Crippen LogP contribution in [0, 0.1) is 0 Å². The first-order valence-electron chi connectivity index (χ1n) is 9.64. The van der Waals surface area contributed by atoms with Crippen LogP contribution in [0.25, 0.3) is 33.4 Å². The van der Waals surface area contributed by atoms with Gasteiger partial charge in [0.2, 0.25) is 5.36 Å².